The van der Waals surface area contributed by atoms with Crippen molar-refractivity contribution in [2.45, 2.75) is 31.0 Å². The maximum absolute atomic E-state index is 13.0. The highest BCUT2D eigenvalue weighted by Crippen LogP contribution is 2.34. The van der Waals surface area contributed by atoms with Gasteiger partial charge in [-0.25, -0.2) is 15.0 Å². The van der Waals surface area contributed by atoms with Crippen molar-refractivity contribution in [1.29, 1.82) is 0 Å². The van der Waals surface area contributed by atoms with E-state index in [4.69, 9.17) is 15.5 Å². The quantitative estimate of drug-likeness (QED) is 0.300. The SMILES string of the molecule is COCCC(=O)N1C[C@@H](O)C[C@@H](c2nc(-c3ccc(C(=O)Nc4cc(C(F)(F)F)ccn4)cc3)c3c(N)nccn23)C1. The smallest absolute Gasteiger partial charge is 0.391 e. The molecule has 42 heavy (non-hydrogen) atoms. The van der Waals surface area contributed by atoms with Crippen LogP contribution in [0.25, 0.3) is 16.8 Å². The van der Waals surface area contributed by atoms with Crippen LogP contribution in [0.4, 0.5) is 24.8 Å². The van der Waals surface area contributed by atoms with Crippen molar-refractivity contribution < 1.29 is 32.6 Å². The number of halogens is 3. The van der Waals surface area contributed by atoms with E-state index in [0.29, 0.717) is 35.6 Å². The number of carbonyl (C=O) groups is 2. The Bertz CT molecular complexity index is 1610. The van der Waals surface area contributed by atoms with Crippen LogP contribution in [0.5, 0.6) is 0 Å². The molecule has 1 aromatic carbocycles. The summed E-state index contributed by atoms with van der Waals surface area (Å²) in [5.41, 5.74) is 7.13. The number of aliphatic hydroxyl groups is 1. The van der Waals surface area contributed by atoms with Crippen molar-refractivity contribution in [3.63, 3.8) is 0 Å². The molecule has 0 aliphatic carbocycles. The van der Waals surface area contributed by atoms with Gasteiger partial charge in [0.15, 0.2) is 0 Å². The molecule has 4 aromatic rings. The second-order valence-electron chi connectivity index (χ2n) is 9.94. The Morgan fingerprint density at radius 2 is 1.90 bits per heavy atom. The number of anilines is 2. The number of aliphatic hydroxyl groups excluding tert-OH is 1. The number of nitrogens with one attached hydrogen (secondary N) is 1. The summed E-state index contributed by atoms with van der Waals surface area (Å²) in [6.45, 7) is 0.848. The van der Waals surface area contributed by atoms with Gasteiger partial charge in [0.05, 0.1) is 24.7 Å². The average Bonchev–Trinajstić information content (AvgIpc) is 3.36. The first-order valence-corrected chi connectivity index (χ1v) is 13.1. The van der Waals surface area contributed by atoms with Crippen molar-refractivity contribution in [1.82, 2.24) is 24.3 Å². The standard InChI is InChI=1S/C28H28F3N7O4/c1-42-11-7-22(40)37-14-18(12-20(39)15-37)26-36-23(24-25(32)34-9-10-38(24)26)16-2-4-17(5-3-16)27(41)35-21-13-19(6-8-33-21)28(29,30)31/h2-6,8-10,13,18,20,39H,7,11-12,14-15H2,1H3,(H2,32,34)(H,33,35,41)/t18-,20+/m1/s1. The fourth-order valence-electron chi connectivity index (χ4n) is 5.03. The summed E-state index contributed by atoms with van der Waals surface area (Å²) in [6, 6.07) is 7.88. The molecule has 4 N–H and O–H groups in total. The lowest BCUT2D eigenvalue weighted by Crippen LogP contribution is -2.46. The zero-order valence-electron chi connectivity index (χ0n) is 22.5. The predicted molar refractivity (Wildman–Crippen MR) is 146 cm³/mol. The van der Waals surface area contributed by atoms with E-state index in [0.717, 1.165) is 18.3 Å². The molecule has 0 radical (unpaired) electrons. The number of hydrogen-bond acceptors (Lipinski definition) is 8. The van der Waals surface area contributed by atoms with Gasteiger partial charge in [-0.1, -0.05) is 12.1 Å². The number of ether oxygens (including phenoxy) is 1. The third-order valence-electron chi connectivity index (χ3n) is 7.03. The number of benzene rings is 1. The lowest BCUT2D eigenvalue weighted by atomic mass is 9.95. The molecular formula is C28H28F3N7O4. The molecule has 1 fully saturated rings. The second kappa shape index (κ2) is 11.7. The van der Waals surface area contributed by atoms with Gasteiger partial charge in [0.1, 0.15) is 28.7 Å². The first-order valence-electron chi connectivity index (χ1n) is 13.1. The highest BCUT2D eigenvalue weighted by Gasteiger charge is 2.33. The maximum atomic E-state index is 13.0. The molecule has 1 aliphatic rings. The van der Waals surface area contributed by atoms with Gasteiger partial charge in [-0.3, -0.25) is 14.0 Å². The lowest BCUT2D eigenvalue weighted by Gasteiger charge is -2.35. The summed E-state index contributed by atoms with van der Waals surface area (Å²) in [5.74, 6) is -0.487. The first kappa shape index (κ1) is 29.0. The minimum absolute atomic E-state index is 0.128. The summed E-state index contributed by atoms with van der Waals surface area (Å²) in [5, 5.41) is 13.0. The van der Waals surface area contributed by atoms with E-state index < -0.39 is 23.8 Å². The highest BCUT2D eigenvalue weighted by atomic mass is 19.4. The van der Waals surface area contributed by atoms with Crippen LogP contribution < -0.4 is 11.1 Å². The predicted octanol–water partition coefficient (Wildman–Crippen LogP) is 3.36. The van der Waals surface area contributed by atoms with Crippen LogP contribution in [0.3, 0.4) is 0 Å². The lowest BCUT2D eigenvalue weighted by molar-refractivity contribution is -0.137. The Balaban J connectivity index is 1.42. The van der Waals surface area contributed by atoms with Crippen LogP contribution in [-0.2, 0) is 15.7 Å². The third kappa shape index (κ3) is 6.04. The number of imidazole rings is 1. The molecule has 3 aromatic heterocycles. The van der Waals surface area contributed by atoms with Crippen molar-refractivity contribution >= 4 is 29.0 Å². The number of pyridine rings is 1. The molecule has 14 heteroatoms. The zero-order chi connectivity index (χ0) is 30.0. The van der Waals surface area contributed by atoms with Crippen LogP contribution in [0.15, 0.2) is 55.0 Å². The van der Waals surface area contributed by atoms with Gasteiger partial charge in [0.2, 0.25) is 5.91 Å². The number of nitrogens with zero attached hydrogens (tertiary/aromatic N) is 5. The molecule has 1 saturated heterocycles. The van der Waals surface area contributed by atoms with Crippen LogP contribution >= 0.6 is 0 Å². The minimum atomic E-state index is -4.57. The van der Waals surface area contributed by atoms with Crippen LogP contribution in [0.1, 0.15) is 40.5 Å². The van der Waals surface area contributed by atoms with Crippen molar-refractivity contribution in [2.24, 2.45) is 0 Å². The molecule has 2 atom stereocenters. The van der Waals surface area contributed by atoms with E-state index in [1.54, 1.807) is 27.6 Å². The number of aromatic nitrogens is 4. The van der Waals surface area contributed by atoms with E-state index in [1.807, 2.05) is 0 Å². The van der Waals surface area contributed by atoms with E-state index in [9.17, 15) is 27.9 Å². The molecule has 5 rings (SSSR count). The van der Waals surface area contributed by atoms with Crippen LogP contribution in [0, 0.1) is 0 Å². The number of piperidine rings is 1. The van der Waals surface area contributed by atoms with Gasteiger partial charge in [-0.2, -0.15) is 13.2 Å². The number of β-amino-alcohol motifs (C(OH)–C–C–N with tert-alkyl or cyclic N) is 1. The topological polar surface area (TPSA) is 148 Å². The number of nitrogens with two attached hydrogens (primary N) is 1. The van der Waals surface area contributed by atoms with Crippen LogP contribution in [0.2, 0.25) is 0 Å². The number of hydrogen-bond donors (Lipinski definition) is 3. The number of rotatable bonds is 7. The zero-order valence-corrected chi connectivity index (χ0v) is 22.5. The molecule has 4 heterocycles. The first-order chi connectivity index (χ1) is 20.0. The van der Waals surface area contributed by atoms with Crippen molar-refractivity contribution in [3.05, 3.63) is 71.9 Å². The molecule has 11 nitrogen and oxygen atoms in total. The molecule has 0 spiro atoms. The Morgan fingerprint density at radius 3 is 2.62 bits per heavy atom. The normalized spacial score (nSPS) is 17.4. The number of fused-ring (bicyclic) bond motifs is 1. The Hall–Kier alpha value is -4.56. The molecule has 1 aliphatic heterocycles. The Morgan fingerprint density at radius 1 is 1.14 bits per heavy atom. The molecule has 2 amide bonds. The minimum Gasteiger partial charge on any atom is -0.391 e. The Kier molecular flexibility index (Phi) is 8.09. The fraction of sp³-hybridized carbons (Fsp3) is 0.321. The molecule has 0 saturated carbocycles. The second-order valence-corrected chi connectivity index (χ2v) is 9.94. The molecule has 0 unspecified atom stereocenters. The molecule has 0 bridgehead atoms. The van der Waals surface area contributed by atoms with E-state index in [2.05, 4.69) is 15.3 Å². The summed E-state index contributed by atoms with van der Waals surface area (Å²) in [6.07, 6.45) is -0.509. The number of amides is 2. The summed E-state index contributed by atoms with van der Waals surface area (Å²) in [4.78, 5) is 39.9. The van der Waals surface area contributed by atoms with E-state index in [-0.39, 0.29) is 48.6 Å². The molecular weight excluding hydrogens is 555 g/mol. The van der Waals surface area contributed by atoms with Gasteiger partial charge in [0.25, 0.3) is 5.91 Å². The maximum Gasteiger partial charge on any atom is 0.416 e. The van der Waals surface area contributed by atoms with Gasteiger partial charge < -0.3 is 25.8 Å². The van der Waals surface area contributed by atoms with Gasteiger partial charge in [0, 0.05) is 55.8 Å². The van der Waals surface area contributed by atoms with Crippen molar-refractivity contribution in [2.75, 3.05) is 37.9 Å². The third-order valence-corrected chi connectivity index (χ3v) is 7.03. The van der Waals surface area contributed by atoms with Crippen molar-refractivity contribution in [3.8, 4) is 11.3 Å². The molecule has 220 valence electrons. The monoisotopic (exact) mass is 583 g/mol. The van der Waals surface area contributed by atoms with E-state index >= 15 is 0 Å². The largest absolute Gasteiger partial charge is 0.416 e. The summed E-state index contributed by atoms with van der Waals surface area (Å²) >= 11 is 0. The van der Waals surface area contributed by atoms with Gasteiger partial charge >= 0.3 is 6.18 Å². The van der Waals surface area contributed by atoms with Crippen LogP contribution in [-0.4, -0.2) is 74.1 Å². The number of methoxy groups -OCH3 is 1. The van der Waals surface area contributed by atoms with Gasteiger partial charge in [-0.05, 0) is 30.7 Å². The average molecular weight is 584 g/mol. The Labute approximate surface area is 238 Å². The summed E-state index contributed by atoms with van der Waals surface area (Å²) < 4.78 is 45.9. The van der Waals surface area contributed by atoms with E-state index in [1.165, 1.54) is 25.4 Å². The highest BCUT2D eigenvalue weighted by molar-refractivity contribution is 6.04. The summed E-state index contributed by atoms with van der Waals surface area (Å²) in [7, 11) is 1.52. The number of alkyl halides is 3. The van der Waals surface area contributed by atoms with Gasteiger partial charge in [-0.15, -0.1) is 0 Å². The number of carbonyl (C=O) groups excluding carboxylic acids is 2. The number of likely N-dealkylation sites (tertiary alicyclic amines) is 1. The fourth-order valence-corrected chi connectivity index (χ4v) is 5.03. The number of nitrogen functional groups attached to an aromatic ring is 1.